The van der Waals surface area contributed by atoms with Gasteiger partial charge < -0.3 is 14.2 Å². The molecule has 0 fully saturated rings. The maximum atomic E-state index is 12.8. The first-order valence-corrected chi connectivity index (χ1v) is 25.9. The Morgan fingerprint density at radius 3 is 0.968 bits per heavy atom. The zero-order chi connectivity index (χ0) is 45.1. The molecule has 0 aliphatic rings. The lowest BCUT2D eigenvalue weighted by Gasteiger charge is -2.18. The van der Waals surface area contributed by atoms with Gasteiger partial charge in [-0.25, -0.2) is 0 Å². The van der Waals surface area contributed by atoms with Crippen LogP contribution in [0.5, 0.6) is 0 Å². The third-order valence-corrected chi connectivity index (χ3v) is 10.9. The second-order valence-electron chi connectivity index (χ2n) is 17.1. The highest BCUT2D eigenvalue weighted by Gasteiger charge is 2.19. The van der Waals surface area contributed by atoms with Crippen molar-refractivity contribution >= 4 is 17.9 Å². The van der Waals surface area contributed by atoms with Crippen LogP contribution in [0.1, 0.15) is 245 Å². The number of ether oxygens (including phenoxy) is 3. The molecule has 0 saturated carbocycles. The summed E-state index contributed by atoms with van der Waals surface area (Å²) >= 11 is 0. The smallest absolute Gasteiger partial charge is 0.306 e. The van der Waals surface area contributed by atoms with Crippen molar-refractivity contribution in [3.8, 4) is 0 Å². The van der Waals surface area contributed by atoms with Crippen LogP contribution >= 0.6 is 0 Å². The minimum absolute atomic E-state index is 0.0979. The first kappa shape index (κ1) is 58.9. The highest BCUT2D eigenvalue weighted by atomic mass is 16.6. The molecule has 0 amide bonds. The summed E-state index contributed by atoms with van der Waals surface area (Å²) in [6, 6.07) is 0. The average molecular weight is 865 g/mol. The summed E-state index contributed by atoms with van der Waals surface area (Å²) in [7, 11) is 0. The van der Waals surface area contributed by atoms with Gasteiger partial charge in [0.2, 0.25) is 0 Å². The topological polar surface area (TPSA) is 78.9 Å². The van der Waals surface area contributed by atoms with Crippen LogP contribution in [-0.2, 0) is 28.6 Å². The van der Waals surface area contributed by atoms with Crippen molar-refractivity contribution in [2.45, 2.75) is 252 Å². The van der Waals surface area contributed by atoms with Gasteiger partial charge in [0.1, 0.15) is 13.2 Å². The number of allylic oxidation sites excluding steroid dienone is 12. The Kier molecular flexibility index (Phi) is 47.9. The van der Waals surface area contributed by atoms with Gasteiger partial charge in [-0.1, -0.05) is 203 Å². The fourth-order valence-corrected chi connectivity index (χ4v) is 6.98. The molecule has 0 heterocycles. The number of esters is 3. The van der Waals surface area contributed by atoms with E-state index in [1.54, 1.807) is 0 Å². The Balaban J connectivity index is 4.46. The van der Waals surface area contributed by atoms with Gasteiger partial charge >= 0.3 is 17.9 Å². The molecule has 0 saturated heterocycles. The maximum absolute atomic E-state index is 12.8. The molecule has 1 atom stereocenters. The van der Waals surface area contributed by atoms with E-state index in [-0.39, 0.29) is 31.1 Å². The molecule has 6 nitrogen and oxygen atoms in total. The van der Waals surface area contributed by atoms with Gasteiger partial charge in [0.15, 0.2) is 6.10 Å². The number of hydrogen-bond donors (Lipinski definition) is 0. The van der Waals surface area contributed by atoms with Crippen molar-refractivity contribution in [2.24, 2.45) is 0 Å². The highest BCUT2D eigenvalue weighted by Crippen LogP contribution is 2.14. The van der Waals surface area contributed by atoms with Crippen LogP contribution in [0.15, 0.2) is 72.9 Å². The summed E-state index contributed by atoms with van der Waals surface area (Å²) in [5.41, 5.74) is 0. The van der Waals surface area contributed by atoms with Gasteiger partial charge in [-0.3, -0.25) is 14.4 Å². The number of carbonyl (C=O) groups is 3. The van der Waals surface area contributed by atoms with E-state index in [0.29, 0.717) is 19.3 Å². The van der Waals surface area contributed by atoms with Crippen molar-refractivity contribution in [3.63, 3.8) is 0 Å². The van der Waals surface area contributed by atoms with Crippen LogP contribution in [0, 0.1) is 0 Å². The van der Waals surface area contributed by atoms with Crippen molar-refractivity contribution in [1.82, 2.24) is 0 Å². The number of hydrogen-bond acceptors (Lipinski definition) is 6. The second kappa shape index (κ2) is 50.5. The summed E-state index contributed by atoms with van der Waals surface area (Å²) in [6.07, 6.45) is 63.1. The molecule has 0 aliphatic heterocycles. The molecule has 0 aromatic rings. The number of unbranched alkanes of at least 4 members (excludes halogenated alkanes) is 23. The predicted octanol–water partition coefficient (Wildman–Crippen LogP) is 17.0. The molecule has 0 aliphatic carbocycles. The molecule has 0 rings (SSSR count). The summed E-state index contributed by atoms with van der Waals surface area (Å²) in [4.78, 5) is 37.9. The lowest BCUT2D eigenvalue weighted by Crippen LogP contribution is -2.30. The molecule has 6 heteroatoms. The Morgan fingerprint density at radius 2 is 0.581 bits per heavy atom. The van der Waals surface area contributed by atoms with E-state index >= 15 is 0 Å². The van der Waals surface area contributed by atoms with E-state index in [4.69, 9.17) is 14.2 Å². The Morgan fingerprint density at radius 1 is 0.323 bits per heavy atom. The summed E-state index contributed by atoms with van der Waals surface area (Å²) in [5, 5.41) is 0. The van der Waals surface area contributed by atoms with Gasteiger partial charge in [-0.2, -0.15) is 0 Å². The van der Waals surface area contributed by atoms with E-state index in [9.17, 15) is 14.4 Å². The molecule has 0 N–H and O–H groups in total. The van der Waals surface area contributed by atoms with Gasteiger partial charge in [0.25, 0.3) is 0 Å². The predicted molar refractivity (Wildman–Crippen MR) is 265 cm³/mol. The van der Waals surface area contributed by atoms with Gasteiger partial charge in [-0.05, 0) is 96.3 Å². The molecule has 0 radical (unpaired) electrons. The van der Waals surface area contributed by atoms with Gasteiger partial charge in [-0.15, -0.1) is 0 Å². The molecule has 0 unspecified atom stereocenters. The van der Waals surface area contributed by atoms with Crippen LogP contribution in [-0.4, -0.2) is 37.2 Å². The largest absolute Gasteiger partial charge is 0.462 e. The van der Waals surface area contributed by atoms with E-state index in [1.165, 1.54) is 109 Å². The van der Waals surface area contributed by atoms with E-state index in [0.717, 1.165) is 96.3 Å². The maximum Gasteiger partial charge on any atom is 0.306 e. The fraction of sp³-hybridized carbons (Fsp3) is 0.732. The normalized spacial score (nSPS) is 12.6. The monoisotopic (exact) mass is 865 g/mol. The lowest BCUT2D eigenvalue weighted by molar-refractivity contribution is -0.167. The van der Waals surface area contributed by atoms with Crippen molar-refractivity contribution in [3.05, 3.63) is 72.9 Å². The average Bonchev–Trinajstić information content (AvgIpc) is 3.27. The van der Waals surface area contributed by atoms with E-state index < -0.39 is 6.10 Å². The van der Waals surface area contributed by atoms with Crippen LogP contribution in [0.2, 0.25) is 0 Å². The zero-order valence-electron chi connectivity index (χ0n) is 40.6. The summed E-state index contributed by atoms with van der Waals surface area (Å²) in [6.45, 7) is 6.52. The third kappa shape index (κ3) is 47.9. The Bertz CT molecular complexity index is 1180. The second-order valence-corrected chi connectivity index (χ2v) is 17.1. The minimum atomic E-state index is -0.797. The number of carbonyl (C=O) groups excluding carboxylic acids is 3. The van der Waals surface area contributed by atoms with Crippen LogP contribution in [0.4, 0.5) is 0 Å². The fourth-order valence-electron chi connectivity index (χ4n) is 6.98. The molecule has 62 heavy (non-hydrogen) atoms. The van der Waals surface area contributed by atoms with Crippen molar-refractivity contribution < 1.29 is 28.6 Å². The number of rotatable bonds is 46. The molecule has 356 valence electrons. The molecular formula is C56H96O6. The Labute approximate surface area is 382 Å². The quantitative estimate of drug-likeness (QED) is 0.0262. The molecule has 0 aromatic heterocycles. The van der Waals surface area contributed by atoms with Crippen molar-refractivity contribution in [2.75, 3.05) is 13.2 Å². The van der Waals surface area contributed by atoms with E-state index in [1.807, 2.05) is 0 Å². The Hall–Kier alpha value is -3.15. The standard InChI is InChI=1S/C56H96O6/c1-4-7-10-13-16-19-22-25-27-28-30-32-35-37-40-43-46-49-55(58)61-52-53(62-56(59)50-47-44-41-38-33-24-21-18-15-12-9-6-3)51-60-54(57)48-45-42-39-36-34-31-29-26-23-20-17-14-11-8-5-2/h16-17,19-20,25-27,29-30,32,34,36,53H,4-15,18,21-24,28,31,33,35,37-52H2,1-3H3/b19-16-,20-17-,27-25-,29-26-,32-30-,36-34-/t53-/m0/s1. The third-order valence-electron chi connectivity index (χ3n) is 10.9. The molecule has 0 spiro atoms. The zero-order valence-corrected chi connectivity index (χ0v) is 40.6. The molecule has 0 aromatic carbocycles. The van der Waals surface area contributed by atoms with Crippen LogP contribution in [0.25, 0.3) is 0 Å². The molecule has 0 bridgehead atoms. The van der Waals surface area contributed by atoms with Gasteiger partial charge in [0.05, 0.1) is 0 Å². The highest BCUT2D eigenvalue weighted by molar-refractivity contribution is 5.71. The van der Waals surface area contributed by atoms with E-state index in [2.05, 4.69) is 93.7 Å². The summed E-state index contributed by atoms with van der Waals surface area (Å²) < 4.78 is 16.7. The van der Waals surface area contributed by atoms with Crippen LogP contribution in [0.3, 0.4) is 0 Å². The SMILES string of the molecule is CCCCC/C=C\C/C=C\C/C=C\CCCCCCC(=O)OC[C@H](COC(=O)CCCC/C=C\C/C=C\C/C=C\CCCCC)OC(=O)CCCCCCCCCCCCCC. The van der Waals surface area contributed by atoms with Crippen LogP contribution < -0.4 is 0 Å². The molecular weight excluding hydrogens is 769 g/mol. The summed E-state index contributed by atoms with van der Waals surface area (Å²) in [5.74, 6) is -0.954. The minimum Gasteiger partial charge on any atom is -0.462 e. The lowest BCUT2D eigenvalue weighted by atomic mass is 10.0. The first-order chi connectivity index (χ1) is 30.5. The van der Waals surface area contributed by atoms with Gasteiger partial charge in [0, 0.05) is 19.3 Å². The van der Waals surface area contributed by atoms with Crippen molar-refractivity contribution in [1.29, 1.82) is 0 Å². The first-order valence-electron chi connectivity index (χ1n) is 25.9.